The molecular weight excluding hydrogens is 178 g/mol. The number of hydrogen-bond donors (Lipinski definition) is 2. The number of amides is 1. The van der Waals surface area contributed by atoms with Crippen molar-refractivity contribution in [1.29, 1.82) is 0 Å². The molecule has 0 aromatic carbocycles. The van der Waals surface area contributed by atoms with E-state index < -0.39 is 0 Å². The molecule has 2 N–H and O–H groups in total. The van der Waals surface area contributed by atoms with Crippen molar-refractivity contribution in [2.24, 2.45) is 0 Å². The lowest BCUT2D eigenvalue weighted by Gasteiger charge is -2.44. The molecule has 0 aromatic heterocycles. The molecule has 82 valence electrons. The van der Waals surface area contributed by atoms with E-state index in [9.17, 15) is 4.79 Å². The number of nitrogens with zero attached hydrogens (tertiary/aromatic N) is 1. The van der Waals surface area contributed by atoms with Gasteiger partial charge in [0.25, 0.3) is 0 Å². The van der Waals surface area contributed by atoms with Gasteiger partial charge in [0.2, 0.25) is 5.91 Å². The van der Waals surface area contributed by atoms with Crippen LogP contribution in [0.5, 0.6) is 0 Å². The van der Waals surface area contributed by atoms with Gasteiger partial charge in [0.05, 0.1) is 6.54 Å². The zero-order valence-electron chi connectivity index (χ0n) is 9.34. The van der Waals surface area contributed by atoms with Crippen molar-refractivity contribution in [3.05, 3.63) is 0 Å². The van der Waals surface area contributed by atoms with Crippen molar-refractivity contribution >= 4 is 5.91 Å². The molecule has 1 heterocycles. The number of nitrogens with one attached hydrogen (secondary N) is 2. The lowest BCUT2D eigenvalue weighted by Crippen LogP contribution is -2.56. The Kier molecular flexibility index (Phi) is 4.35. The quantitative estimate of drug-likeness (QED) is 0.645. The zero-order valence-corrected chi connectivity index (χ0v) is 9.34. The highest BCUT2D eigenvalue weighted by Crippen LogP contribution is 2.19. The fourth-order valence-corrected chi connectivity index (χ4v) is 1.81. The van der Waals surface area contributed by atoms with Crippen LogP contribution in [-0.2, 0) is 4.79 Å². The predicted octanol–water partition coefficient (Wildman–Crippen LogP) is -0.195. The maximum Gasteiger partial charge on any atom is 0.234 e. The molecule has 1 aliphatic heterocycles. The first-order valence-corrected chi connectivity index (χ1v) is 5.32. The minimum Gasteiger partial charge on any atom is -0.353 e. The largest absolute Gasteiger partial charge is 0.353 e. The van der Waals surface area contributed by atoms with Gasteiger partial charge in [-0.1, -0.05) is 0 Å². The smallest absolute Gasteiger partial charge is 0.234 e. The molecular formula is C10H21N3O. The van der Waals surface area contributed by atoms with E-state index in [0.29, 0.717) is 18.6 Å². The third-order valence-electron chi connectivity index (χ3n) is 2.73. The molecule has 0 aromatic rings. The summed E-state index contributed by atoms with van der Waals surface area (Å²) in [5.41, 5.74) is 0. The average molecular weight is 199 g/mol. The summed E-state index contributed by atoms with van der Waals surface area (Å²) in [6.45, 7) is 6.76. The summed E-state index contributed by atoms with van der Waals surface area (Å²) >= 11 is 0. The van der Waals surface area contributed by atoms with E-state index >= 15 is 0 Å². The third kappa shape index (κ3) is 2.96. The Morgan fingerprint density at radius 2 is 2.29 bits per heavy atom. The minimum absolute atomic E-state index is 0.0862. The molecule has 1 fully saturated rings. The molecule has 0 radical (unpaired) electrons. The minimum atomic E-state index is 0.0862. The van der Waals surface area contributed by atoms with Crippen LogP contribution in [-0.4, -0.2) is 49.6 Å². The SMILES string of the molecule is CNCC(=O)NCC1CCN1C(C)C. The van der Waals surface area contributed by atoms with E-state index in [4.69, 9.17) is 0 Å². The molecule has 0 bridgehead atoms. The van der Waals surface area contributed by atoms with Crippen LogP contribution < -0.4 is 10.6 Å². The summed E-state index contributed by atoms with van der Waals surface area (Å²) in [6.07, 6.45) is 1.21. The number of likely N-dealkylation sites (N-methyl/N-ethyl adjacent to an activating group) is 1. The first-order chi connectivity index (χ1) is 6.65. The van der Waals surface area contributed by atoms with Gasteiger partial charge >= 0.3 is 0 Å². The molecule has 0 saturated carbocycles. The molecule has 4 nitrogen and oxygen atoms in total. The number of carbonyl (C=O) groups excluding carboxylic acids is 1. The Labute approximate surface area is 86.0 Å². The number of hydrogen-bond acceptors (Lipinski definition) is 3. The lowest BCUT2D eigenvalue weighted by atomic mass is 10.0. The molecule has 1 atom stereocenters. The van der Waals surface area contributed by atoms with Crippen molar-refractivity contribution in [3.63, 3.8) is 0 Å². The van der Waals surface area contributed by atoms with Gasteiger partial charge in [-0.25, -0.2) is 0 Å². The fourth-order valence-electron chi connectivity index (χ4n) is 1.81. The van der Waals surface area contributed by atoms with Gasteiger partial charge in [0, 0.05) is 25.2 Å². The number of likely N-dealkylation sites (tertiary alicyclic amines) is 1. The molecule has 1 aliphatic rings. The van der Waals surface area contributed by atoms with Crippen LogP contribution in [0, 0.1) is 0 Å². The Balaban J connectivity index is 2.16. The van der Waals surface area contributed by atoms with Crippen LogP contribution in [0.4, 0.5) is 0 Å². The van der Waals surface area contributed by atoms with Gasteiger partial charge in [-0.15, -0.1) is 0 Å². The van der Waals surface area contributed by atoms with Crippen LogP contribution >= 0.6 is 0 Å². The van der Waals surface area contributed by atoms with E-state index in [2.05, 4.69) is 29.4 Å². The Bertz CT molecular complexity index is 194. The Morgan fingerprint density at radius 3 is 2.71 bits per heavy atom. The zero-order chi connectivity index (χ0) is 10.6. The predicted molar refractivity (Wildman–Crippen MR) is 57.2 cm³/mol. The summed E-state index contributed by atoms with van der Waals surface area (Å²) in [6, 6.07) is 1.14. The van der Waals surface area contributed by atoms with Gasteiger partial charge in [0.1, 0.15) is 0 Å². The average Bonchev–Trinajstić information content (AvgIpc) is 2.01. The maximum absolute atomic E-state index is 11.2. The van der Waals surface area contributed by atoms with Gasteiger partial charge in [-0.2, -0.15) is 0 Å². The van der Waals surface area contributed by atoms with E-state index in [1.165, 1.54) is 13.0 Å². The van der Waals surface area contributed by atoms with Gasteiger partial charge < -0.3 is 10.6 Å². The van der Waals surface area contributed by atoms with Crippen molar-refractivity contribution < 1.29 is 4.79 Å². The van der Waals surface area contributed by atoms with Gasteiger partial charge in [-0.3, -0.25) is 9.69 Å². The first kappa shape index (κ1) is 11.5. The molecule has 14 heavy (non-hydrogen) atoms. The van der Waals surface area contributed by atoms with E-state index in [1.807, 2.05) is 0 Å². The molecule has 1 rings (SSSR count). The highest BCUT2D eigenvalue weighted by atomic mass is 16.1. The van der Waals surface area contributed by atoms with Crippen molar-refractivity contribution in [2.45, 2.75) is 32.4 Å². The van der Waals surface area contributed by atoms with Crippen LogP contribution in [0.2, 0.25) is 0 Å². The Morgan fingerprint density at radius 1 is 1.57 bits per heavy atom. The lowest BCUT2D eigenvalue weighted by molar-refractivity contribution is -0.120. The van der Waals surface area contributed by atoms with E-state index in [1.54, 1.807) is 7.05 Å². The van der Waals surface area contributed by atoms with Crippen molar-refractivity contribution in [2.75, 3.05) is 26.7 Å². The second-order valence-electron chi connectivity index (χ2n) is 4.11. The number of rotatable bonds is 5. The number of carbonyl (C=O) groups is 1. The van der Waals surface area contributed by atoms with Crippen molar-refractivity contribution in [3.8, 4) is 0 Å². The summed E-state index contributed by atoms with van der Waals surface area (Å²) in [4.78, 5) is 13.6. The van der Waals surface area contributed by atoms with E-state index in [0.717, 1.165) is 6.54 Å². The standard InChI is InChI=1S/C10H21N3O/c1-8(2)13-5-4-9(13)6-12-10(14)7-11-3/h8-9,11H,4-7H2,1-3H3,(H,12,14). The van der Waals surface area contributed by atoms with Crippen LogP contribution in [0.3, 0.4) is 0 Å². The molecule has 1 amide bonds. The molecule has 0 spiro atoms. The summed E-state index contributed by atoms with van der Waals surface area (Å²) in [7, 11) is 1.78. The molecule has 0 aliphatic carbocycles. The summed E-state index contributed by atoms with van der Waals surface area (Å²) in [5.74, 6) is 0.0862. The maximum atomic E-state index is 11.2. The Hall–Kier alpha value is -0.610. The second-order valence-corrected chi connectivity index (χ2v) is 4.11. The first-order valence-electron chi connectivity index (χ1n) is 5.32. The third-order valence-corrected chi connectivity index (χ3v) is 2.73. The molecule has 1 saturated heterocycles. The highest BCUT2D eigenvalue weighted by molar-refractivity contribution is 5.77. The van der Waals surface area contributed by atoms with Crippen molar-refractivity contribution in [1.82, 2.24) is 15.5 Å². The molecule has 1 unspecified atom stereocenters. The van der Waals surface area contributed by atoms with E-state index in [-0.39, 0.29) is 5.91 Å². The summed E-state index contributed by atoms with van der Waals surface area (Å²) in [5, 5.41) is 5.76. The van der Waals surface area contributed by atoms with Gasteiger partial charge in [-0.05, 0) is 27.3 Å². The summed E-state index contributed by atoms with van der Waals surface area (Å²) < 4.78 is 0. The van der Waals surface area contributed by atoms with Crippen LogP contribution in [0.1, 0.15) is 20.3 Å². The van der Waals surface area contributed by atoms with Gasteiger partial charge in [0.15, 0.2) is 0 Å². The second kappa shape index (κ2) is 5.32. The van der Waals surface area contributed by atoms with Crippen LogP contribution in [0.25, 0.3) is 0 Å². The fraction of sp³-hybridized carbons (Fsp3) is 0.900. The topological polar surface area (TPSA) is 44.4 Å². The normalized spacial score (nSPS) is 22.1. The molecule has 4 heteroatoms. The highest BCUT2D eigenvalue weighted by Gasteiger charge is 2.29. The van der Waals surface area contributed by atoms with Crippen LogP contribution in [0.15, 0.2) is 0 Å². The monoisotopic (exact) mass is 199 g/mol.